The quantitative estimate of drug-likeness (QED) is 0.178. The predicted molar refractivity (Wildman–Crippen MR) is 184 cm³/mol. The summed E-state index contributed by atoms with van der Waals surface area (Å²) in [4.78, 5) is 29.9. The van der Waals surface area contributed by atoms with E-state index in [4.69, 9.17) is 9.47 Å². The van der Waals surface area contributed by atoms with E-state index in [0.29, 0.717) is 18.0 Å². The fourth-order valence-electron chi connectivity index (χ4n) is 5.10. The molecular formula is C37H43N3O6S. The van der Waals surface area contributed by atoms with Gasteiger partial charge in [-0.25, -0.2) is 8.42 Å². The average molecular weight is 658 g/mol. The molecule has 1 N–H and O–H groups in total. The summed E-state index contributed by atoms with van der Waals surface area (Å²) >= 11 is 0. The van der Waals surface area contributed by atoms with E-state index in [2.05, 4.69) is 5.32 Å². The number of hydrogen-bond donors (Lipinski definition) is 1. The summed E-state index contributed by atoms with van der Waals surface area (Å²) in [6, 6.07) is 29.1. The van der Waals surface area contributed by atoms with E-state index >= 15 is 0 Å². The second kappa shape index (κ2) is 16.1. The maximum atomic E-state index is 14.6. The molecule has 2 amide bonds. The molecule has 0 aliphatic carbocycles. The maximum absolute atomic E-state index is 14.6. The van der Waals surface area contributed by atoms with Gasteiger partial charge in [-0.2, -0.15) is 0 Å². The van der Waals surface area contributed by atoms with Crippen LogP contribution in [0.1, 0.15) is 30.5 Å². The number of benzene rings is 4. The Bertz CT molecular complexity index is 1730. The van der Waals surface area contributed by atoms with Crippen LogP contribution in [0.5, 0.6) is 11.5 Å². The first-order valence-corrected chi connectivity index (χ1v) is 16.9. The molecule has 0 aromatic heterocycles. The van der Waals surface area contributed by atoms with Crippen molar-refractivity contribution in [1.29, 1.82) is 0 Å². The summed E-state index contributed by atoms with van der Waals surface area (Å²) in [6.45, 7) is 5.88. The Hall–Kier alpha value is -4.83. The van der Waals surface area contributed by atoms with E-state index in [-0.39, 0.29) is 35.4 Å². The van der Waals surface area contributed by atoms with Gasteiger partial charge in [0, 0.05) is 25.6 Å². The molecule has 0 heterocycles. The smallest absolute Gasteiger partial charge is 0.264 e. The molecule has 1 atom stereocenters. The Morgan fingerprint density at radius 2 is 1.38 bits per heavy atom. The Morgan fingerprint density at radius 3 is 1.96 bits per heavy atom. The van der Waals surface area contributed by atoms with E-state index < -0.39 is 28.5 Å². The molecule has 4 aromatic rings. The Morgan fingerprint density at radius 1 is 0.787 bits per heavy atom. The fraction of sp³-hybridized carbons (Fsp3) is 0.297. The minimum Gasteiger partial charge on any atom is -0.493 e. The van der Waals surface area contributed by atoms with Crippen molar-refractivity contribution in [3.63, 3.8) is 0 Å². The Balaban J connectivity index is 1.80. The van der Waals surface area contributed by atoms with Gasteiger partial charge in [-0.1, -0.05) is 92.2 Å². The molecule has 4 rings (SSSR count). The molecule has 0 spiro atoms. The lowest BCUT2D eigenvalue weighted by atomic mass is 10.0. The summed E-state index contributed by atoms with van der Waals surface area (Å²) in [5.41, 5.74) is 2.91. The molecule has 0 aliphatic heterocycles. The van der Waals surface area contributed by atoms with Crippen LogP contribution in [-0.4, -0.2) is 58.5 Å². The second-order valence-electron chi connectivity index (χ2n) is 11.7. The molecule has 1 unspecified atom stereocenters. The molecule has 248 valence electrons. The van der Waals surface area contributed by atoms with Crippen molar-refractivity contribution >= 4 is 27.5 Å². The van der Waals surface area contributed by atoms with E-state index in [1.54, 1.807) is 24.3 Å². The van der Waals surface area contributed by atoms with Crippen LogP contribution in [0.25, 0.3) is 0 Å². The highest BCUT2D eigenvalue weighted by atomic mass is 32.2. The third-order valence-electron chi connectivity index (χ3n) is 7.70. The molecule has 0 aliphatic rings. The van der Waals surface area contributed by atoms with Crippen molar-refractivity contribution in [2.24, 2.45) is 5.92 Å². The number of hydrogen-bond acceptors (Lipinski definition) is 6. The predicted octanol–water partition coefficient (Wildman–Crippen LogP) is 5.62. The van der Waals surface area contributed by atoms with E-state index in [1.165, 1.54) is 37.3 Å². The van der Waals surface area contributed by atoms with Crippen molar-refractivity contribution in [1.82, 2.24) is 10.2 Å². The van der Waals surface area contributed by atoms with Crippen molar-refractivity contribution in [2.75, 3.05) is 31.6 Å². The van der Waals surface area contributed by atoms with Crippen LogP contribution in [-0.2, 0) is 32.6 Å². The first kappa shape index (κ1) is 35.0. The number of nitrogens with zero attached hydrogens (tertiary/aromatic N) is 2. The Kier molecular flexibility index (Phi) is 12.0. The standard InChI is InChI=1S/C37H43N3O6S/c1-27(2)24-38-37(42)33(22-29-12-8-6-9-13-29)39(25-30-14-10-7-11-15-30)36(41)26-40(31-18-16-28(3)17-19-31)47(43,44)32-20-21-34(45-4)35(23-32)46-5/h6-21,23,27,33H,22,24-26H2,1-5H3,(H,38,42). The number of carbonyl (C=O) groups excluding carboxylic acids is 2. The van der Waals surface area contributed by atoms with Gasteiger partial charge in [0.2, 0.25) is 11.8 Å². The zero-order valence-corrected chi connectivity index (χ0v) is 28.4. The van der Waals surface area contributed by atoms with E-state index in [9.17, 15) is 18.0 Å². The van der Waals surface area contributed by atoms with Gasteiger partial charge in [0.25, 0.3) is 10.0 Å². The molecule has 9 nitrogen and oxygen atoms in total. The number of carbonyl (C=O) groups is 2. The van der Waals surface area contributed by atoms with Crippen molar-refractivity contribution in [3.05, 3.63) is 120 Å². The zero-order chi connectivity index (χ0) is 34.0. The lowest BCUT2D eigenvalue weighted by Gasteiger charge is -2.34. The number of methoxy groups -OCH3 is 2. The van der Waals surface area contributed by atoms with Crippen molar-refractivity contribution in [2.45, 2.75) is 44.7 Å². The van der Waals surface area contributed by atoms with Crippen LogP contribution in [0.4, 0.5) is 5.69 Å². The number of amides is 2. The molecule has 4 aromatic carbocycles. The van der Waals surface area contributed by atoms with Crippen LogP contribution in [0.2, 0.25) is 0 Å². The number of anilines is 1. The summed E-state index contributed by atoms with van der Waals surface area (Å²) in [6.07, 6.45) is 0.246. The zero-order valence-electron chi connectivity index (χ0n) is 27.6. The monoisotopic (exact) mass is 657 g/mol. The third kappa shape index (κ3) is 9.13. The van der Waals surface area contributed by atoms with Gasteiger partial charge in [0.1, 0.15) is 12.6 Å². The number of aryl methyl sites for hydroxylation is 1. The van der Waals surface area contributed by atoms with Crippen LogP contribution in [0.15, 0.2) is 108 Å². The summed E-state index contributed by atoms with van der Waals surface area (Å²) in [7, 11) is -1.41. The molecular weight excluding hydrogens is 614 g/mol. The molecule has 0 radical (unpaired) electrons. The highest BCUT2D eigenvalue weighted by molar-refractivity contribution is 7.92. The molecule has 0 saturated carbocycles. The SMILES string of the molecule is COc1ccc(S(=O)(=O)N(CC(=O)N(Cc2ccccc2)C(Cc2ccccc2)C(=O)NCC(C)C)c2ccc(C)cc2)cc1OC. The van der Waals surface area contributed by atoms with Crippen LogP contribution in [0, 0.1) is 12.8 Å². The van der Waals surface area contributed by atoms with Crippen molar-refractivity contribution < 1.29 is 27.5 Å². The Labute approximate surface area is 278 Å². The first-order chi connectivity index (χ1) is 22.5. The van der Waals surface area contributed by atoms with Crippen LogP contribution in [0.3, 0.4) is 0 Å². The largest absolute Gasteiger partial charge is 0.493 e. The van der Waals surface area contributed by atoms with Gasteiger partial charge in [0.05, 0.1) is 24.8 Å². The van der Waals surface area contributed by atoms with Gasteiger partial charge >= 0.3 is 0 Å². The van der Waals surface area contributed by atoms with Crippen molar-refractivity contribution in [3.8, 4) is 11.5 Å². The van der Waals surface area contributed by atoms with Gasteiger partial charge < -0.3 is 19.7 Å². The van der Waals surface area contributed by atoms with Gasteiger partial charge in [-0.15, -0.1) is 0 Å². The summed E-state index contributed by atoms with van der Waals surface area (Å²) < 4.78 is 40.5. The third-order valence-corrected chi connectivity index (χ3v) is 9.47. The molecule has 0 saturated heterocycles. The van der Waals surface area contributed by atoms with E-state index in [0.717, 1.165) is 21.0 Å². The maximum Gasteiger partial charge on any atom is 0.264 e. The number of ether oxygens (including phenoxy) is 2. The number of rotatable bonds is 15. The summed E-state index contributed by atoms with van der Waals surface area (Å²) in [5, 5.41) is 3.00. The fourth-order valence-corrected chi connectivity index (χ4v) is 6.53. The van der Waals surface area contributed by atoms with Gasteiger partial charge in [0.15, 0.2) is 11.5 Å². The highest BCUT2D eigenvalue weighted by Crippen LogP contribution is 2.32. The summed E-state index contributed by atoms with van der Waals surface area (Å²) in [5.74, 6) is -0.0392. The molecule has 0 fully saturated rings. The average Bonchev–Trinajstić information content (AvgIpc) is 3.08. The van der Waals surface area contributed by atoms with Gasteiger partial charge in [-0.3, -0.25) is 13.9 Å². The highest BCUT2D eigenvalue weighted by Gasteiger charge is 2.35. The molecule has 47 heavy (non-hydrogen) atoms. The normalized spacial score (nSPS) is 11.9. The second-order valence-corrected chi connectivity index (χ2v) is 13.6. The lowest BCUT2D eigenvalue weighted by Crippen LogP contribution is -2.53. The lowest BCUT2D eigenvalue weighted by molar-refractivity contribution is -0.140. The number of nitrogens with one attached hydrogen (secondary N) is 1. The topological polar surface area (TPSA) is 105 Å². The van der Waals surface area contributed by atoms with Crippen LogP contribution < -0.4 is 19.1 Å². The van der Waals surface area contributed by atoms with Crippen LogP contribution >= 0.6 is 0 Å². The minimum absolute atomic E-state index is 0.0753. The minimum atomic E-state index is -4.30. The molecule has 10 heteroatoms. The van der Waals surface area contributed by atoms with E-state index in [1.807, 2.05) is 81.4 Å². The first-order valence-electron chi connectivity index (χ1n) is 15.5. The number of sulfonamides is 1. The molecule has 0 bridgehead atoms. The van der Waals surface area contributed by atoms with Gasteiger partial charge in [-0.05, 0) is 48.2 Å².